The number of amides is 4. The smallest absolute Gasteiger partial charge is 0.319 e. The third-order valence-electron chi connectivity index (χ3n) is 5.01. The summed E-state index contributed by atoms with van der Waals surface area (Å²) in [5.74, 6) is -0.403. The van der Waals surface area contributed by atoms with E-state index in [1.54, 1.807) is 18.2 Å². The van der Waals surface area contributed by atoms with Gasteiger partial charge in [0, 0.05) is 12.2 Å². The number of hydrogen-bond donors (Lipinski definition) is 2. The van der Waals surface area contributed by atoms with Crippen LogP contribution in [-0.4, -0.2) is 29.3 Å². The highest BCUT2D eigenvalue weighted by atomic mass is 16.2. The Labute approximate surface area is 171 Å². The van der Waals surface area contributed by atoms with Crippen LogP contribution in [0.4, 0.5) is 10.5 Å². The molecule has 0 aromatic heterocycles. The molecule has 6 heteroatoms. The van der Waals surface area contributed by atoms with Crippen LogP contribution in [0, 0.1) is 5.92 Å². The van der Waals surface area contributed by atoms with E-state index < -0.39 is 0 Å². The second kappa shape index (κ2) is 8.47. The van der Waals surface area contributed by atoms with Gasteiger partial charge in [-0.3, -0.25) is 14.5 Å². The monoisotopic (exact) mass is 393 g/mol. The number of benzene rings is 2. The highest BCUT2D eigenvalue weighted by molar-refractivity contribution is 6.21. The Morgan fingerprint density at radius 3 is 2.24 bits per heavy atom. The minimum absolute atomic E-state index is 0.167. The van der Waals surface area contributed by atoms with Crippen molar-refractivity contribution >= 4 is 23.5 Å². The quantitative estimate of drug-likeness (QED) is 0.715. The van der Waals surface area contributed by atoms with Crippen LogP contribution in [-0.2, 0) is 6.42 Å². The zero-order valence-electron chi connectivity index (χ0n) is 17.3. The maximum Gasteiger partial charge on any atom is 0.319 e. The summed E-state index contributed by atoms with van der Waals surface area (Å²) in [6.45, 7) is 8.30. The predicted molar refractivity (Wildman–Crippen MR) is 113 cm³/mol. The zero-order chi connectivity index (χ0) is 21.1. The maximum atomic E-state index is 12.6. The molecule has 1 aliphatic rings. The Balaban J connectivity index is 1.67. The first-order valence-corrected chi connectivity index (χ1v) is 9.96. The Kier molecular flexibility index (Phi) is 6.01. The van der Waals surface area contributed by atoms with E-state index in [0.717, 1.165) is 12.0 Å². The normalized spacial score (nSPS) is 14.2. The third-order valence-corrected chi connectivity index (χ3v) is 5.01. The average molecular weight is 393 g/mol. The van der Waals surface area contributed by atoms with Crippen LogP contribution in [0.2, 0.25) is 0 Å². The van der Waals surface area contributed by atoms with E-state index in [9.17, 15) is 14.4 Å². The Morgan fingerprint density at radius 1 is 0.966 bits per heavy atom. The number of carbonyl (C=O) groups is 3. The van der Waals surface area contributed by atoms with E-state index in [1.807, 2.05) is 32.9 Å². The van der Waals surface area contributed by atoms with Crippen LogP contribution in [0.1, 0.15) is 65.6 Å². The second-order valence-corrected chi connectivity index (χ2v) is 7.79. The molecule has 2 aromatic rings. The van der Waals surface area contributed by atoms with Gasteiger partial charge in [0.1, 0.15) is 0 Å². The first-order chi connectivity index (χ1) is 13.8. The Hall–Kier alpha value is -3.15. The van der Waals surface area contributed by atoms with Gasteiger partial charge in [-0.25, -0.2) is 4.79 Å². The van der Waals surface area contributed by atoms with E-state index in [1.165, 1.54) is 10.5 Å². The first kappa shape index (κ1) is 20.6. The molecule has 4 amide bonds. The van der Waals surface area contributed by atoms with Gasteiger partial charge in [-0.05, 0) is 48.6 Å². The van der Waals surface area contributed by atoms with Crippen molar-refractivity contribution in [1.29, 1.82) is 0 Å². The molecule has 0 radical (unpaired) electrons. The van der Waals surface area contributed by atoms with Crippen molar-refractivity contribution in [3.63, 3.8) is 0 Å². The number of nitrogens with one attached hydrogen (secondary N) is 2. The summed E-state index contributed by atoms with van der Waals surface area (Å²) in [6, 6.07) is 12.4. The molecule has 0 saturated heterocycles. The van der Waals surface area contributed by atoms with Crippen molar-refractivity contribution in [1.82, 2.24) is 10.2 Å². The molecular weight excluding hydrogens is 366 g/mol. The summed E-state index contributed by atoms with van der Waals surface area (Å²) in [5.41, 5.74) is 3.44. The van der Waals surface area contributed by atoms with Gasteiger partial charge in [0.25, 0.3) is 11.8 Å². The highest BCUT2D eigenvalue weighted by Gasteiger charge is 2.35. The molecule has 0 bridgehead atoms. The van der Waals surface area contributed by atoms with Crippen LogP contribution < -0.4 is 10.6 Å². The summed E-state index contributed by atoms with van der Waals surface area (Å²) in [4.78, 5) is 38.7. The third kappa shape index (κ3) is 4.47. The van der Waals surface area contributed by atoms with Crippen LogP contribution >= 0.6 is 0 Å². The molecule has 1 aliphatic heterocycles. The molecule has 1 unspecified atom stereocenters. The van der Waals surface area contributed by atoms with E-state index >= 15 is 0 Å². The zero-order valence-corrected chi connectivity index (χ0v) is 17.3. The van der Waals surface area contributed by atoms with Crippen molar-refractivity contribution in [2.75, 3.05) is 11.9 Å². The number of hydrogen-bond acceptors (Lipinski definition) is 3. The van der Waals surface area contributed by atoms with Gasteiger partial charge >= 0.3 is 6.03 Å². The van der Waals surface area contributed by atoms with Crippen molar-refractivity contribution in [3.05, 3.63) is 64.7 Å². The van der Waals surface area contributed by atoms with Crippen molar-refractivity contribution in [2.24, 2.45) is 5.92 Å². The number of aryl methyl sites for hydroxylation is 1. The van der Waals surface area contributed by atoms with Gasteiger partial charge in [-0.2, -0.15) is 0 Å². The van der Waals surface area contributed by atoms with Crippen LogP contribution in [0.3, 0.4) is 0 Å². The second-order valence-electron chi connectivity index (χ2n) is 7.79. The average Bonchev–Trinajstić information content (AvgIpc) is 2.92. The minimum atomic E-state index is -0.368. The molecule has 0 spiro atoms. The van der Waals surface area contributed by atoms with Gasteiger partial charge in [0.05, 0.1) is 17.2 Å². The number of rotatable bonds is 6. The lowest BCUT2D eigenvalue weighted by atomic mass is 10.1. The molecule has 29 heavy (non-hydrogen) atoms. The van der Waals surface area contributed by atoms with Gasteiger partial charge < -0.3 is 10.6 Å². The molecule has 0 aliphatic carbocycles. The Bertz CT molecular complexity index is 935. The molecule has 1 heterocycles. The minimum Gasteiger partial charge on any atom is -0.331 e. The molecular formula is C23H27N3O3. The number of imide groups is 1. The topological polar surface area (TPSA) is 78.5 Å². The lowest BCUT2D eigenvalue weighted by molar-refractivity contribution is 0.0636. The number of nitrogens with zero attached hydrogens (tertiary/aromatic N) is 1. The fourth-order valence-corrected chi connectivity index (χ4v) is 3.39. The van der Waals surface area contributed by atoms with Gasteiger partial charge in [-0.15, -0.1) is 0 Å². The molecule has 0 saturated carbocycles. The fraction of sp³-hybridized carbons (Fsp3) is 0.348. The number of carbonyl (C=O) groups excluding carboxylic acids is 3. The summed E-state index contributed by atoms with van der Waals surface area (Å²) < 4.78 is 0. The van der Waals surface area contributed by atoms with E-state index in [4.69, 9.17) is 0 Å². The lowest BCUT2D eigenvalue weighted by Crippen LogP contribution is -2.33. The SMILES string of the molecule is CCc1ccc(C(C)NC(=O)Nc2ccc3c(c2)C(=O)N(CC(C)C)C3=O)cc1. The fourth-order valence-electron chi connectivity index (χ4n) is 3.39. The number of urea groups is 1. The van der Waals surface area contributed by atoms with Crippen LogP contribution in [0.5, 0.6) is 0 Å². The molecule has 6 nitrogen and oxygen atoms in total. The van der Waals surface area contributed by atoms with Crippen molar-refractivity contribution < 1.29 is 14.4 Å². The summed E-state index contributed by atoms with van der Waals surface area (Å²) in [5, 5.41) is 5.65. The van der Waals surface area contributed by atoms with Crippen LogP contribution in [0.15, 0.2) is 42.5 Å². The van der Waals surface area contributed by atoms with Crippen molar-refractivity contribution in [3.8, 4) is 0 Å². The largest absolute Gasteiger partial charge is 0.331 e. The van der Waals surface area contributed by atoms with Crippen molar-refractivity contribution in [2.45, 2.75) is 40.2 Å². The lowest BCUT2D eigenvalue weighted by Gasteiger charge is -2.16. The van der Waals surface area contributed by atoms with Crippen LogP contribution in [0.25, 0.3) is 0 Å². The highest BCUT2D eigenvalue weighted by Crippen LogP contribution is 2.26. The summed E-state index contributed by atoms with van der Waals surface area (Å²) in [7, 11) is 0. The Morgan fingerprint density at radius 2 is 1.62 bits per heavy atom. The van der Waals surface area contributed by atoms with E-state index in [0.29, 0.717) is 23.4 Å². The molecule has 152 valence electrons. The standard InChI is InChI=1S/C23H27N3O3/c1-5-16-6-8-17(9-7-16)15(4)24-23(29)25-18-10-11-19-20(12-18)22(28)26(21(19)27)13-14(2)3/h6-12,14-15H,5,13H2,1-4H3,(H2,24,25,29). The van der Waals surface area contributed by atoms with E-state index in [2.05, 4.69) is 29.7 Å². The molecule has 2 aromatic carbocycles. The maximum absolute atomic E-state index is 12.6. The number of fused-ring (bicyclic) bond motifs is 1. The molecule has 1 atom stereocenters. The number of anilines is 1. The van der Waals surface area contributed by atoms with Gasteiger partial charge in [-0.1, -0.05) is 45.0 Å². The predicted octanol–water partition coefficient (Wildman–Crippen LogP) is 4.38. The van der Waals surface area contributed by atoms with Gasteiger partial charge in [0.2, 0.25) is 0 Å². The van der Waals surface area contributed by atoms with Gasteiger partial charge in [0.15, 0.2) is 0 Å². The first-order valence-electron chi connectivity index (χ1n) is 9.96. The summed E-state index contributed by atoms with van der Waals surface area (Å²) in [6.07, 6.45) is 0.969. The molecule has 0 fully saturated rings. The molecule has 2 N–H and O–H groups in total. The molecule has 3 rings (SSSR count). The summed E-state index contributed by atoms with van der Waals surface area (Å²) >= 11 is 0. The van der Waals surface area contributed by atoms with E-state index in [-0.39, 0.29) is 29.8 Å².